The van der Waals surface area contributed by atoms with Crippen molar-refractivity contribution in [3.63, 3.8) is 0 Å². The van der Waals surface area contributed by atoms with Crippen LogP contribution in [0.5, 0.6) is 0 Å². The number of hydrogen-bond donors (Lipinski definition) is 0. The monoisotopic (exact) mass is 436 g/mol. The van der Waals surface area contributed by atoms with Gasteiger partial charge in [-0.2, -0.15) is 9.78 Å². The van der Waals surface area contributed by atoms with E-state index >= 15 is 0 Å². The van der Waals surface area contributed by atoms with Crippen LogP contribution in [-0.4, -0.2) is 47.3 Å². The zero-order valence-electron chi connectivity index (χ0n) is 18.7. The van der Waals surface area contributed by atoms with Crippen molar-refractivity contribution < 1.29 is 28.4 Å². The Balaban J connectivity index is 1.73. The van der Waals surface area contributed by atoms with Gasteiger partial charge in [0.05, 0.1) is 35.6 Å². The summed E-state index contributed by atoms with van der Waals surface area (Å²) in [5.74, 6) is -0.546. The van der Waals surface area contributed by atoms with Crippen molar-refractivity contribution in [1.82, 2.24) is 9.78 Å². The maximum absolute atomic E-state index is 12.8. The molecule has 0 bridgehead atoms. The van der Waals surface area contributed by atoms with E-state index in [-0.39, 0.29) is 12.2 Å². The minimum absolute atomic E-state index is 0.0990. The van der Waals surface area contributed by atoms with E-state index in [1.54, 1.807) is 18.3 Å². The number of methoxy groups -OCH3 is 1. The molecule has 8 nitrogen and oxygen atoms in total. The van der Waals surface area contributed by atoms with Crippen molar-refractivity contribution in [2.24, 2.45) is 0 Å². The third-order valence-electron chi connectivity index (χ3n) is 6.03. The second kappa shape index (κ2) is 8.07. The van der Waals surface area contributed by atoms with E-state index in [4.69, 9.17) is 18.8 Å². The molecule has 2 heterocycles. The molecule has 166 valence electrons. The molecule has 1 aliphatic heterocycles. The first kappa shape index (κ1) is 22.0. The van der Waals surface area contributed by atoms with Crippen LogP contribution < -0.4 is 5.46 Å². The van der Waals surface area contributed by atoms with Gasteiger partial charge in [-0.25, -0.2) is 9.59 Å². The van der Waals surface area contributed by atoms with Gasteiger partial charge in [0.1, 0.15) is 6.61 Å². The first-order valence-electron chi connectivity index (χ1n) is 10.3. The van der Waals surface area contributed by atoms with Crippen LogP contribution in [0.25, 0.3) is 10.9 Å². The van der Waals surface area contributed by atoms with Gasteiger partial charge >= 0.3 is 19.2 Å². The van der Waals surface area contributed by atoms with Crippen LogP contribution in [0.15, 0.2) is 48.7 Å². The molecule has 0 radical (unpaired) electrons. The Labute approximate surface area is 186 Å². The van der Waals surface area contributed by atoms with Gasteiger partial charge in [-0.05, 0) is 50.9 Å². The van der Waals surface area contributed by atoms with Crippen LogP contribution >= 0.6 is 0 Å². The molecule has 0 amide bonds. The molecular formula is C23H25BN2O6. The number of fused-ring (bicyclic) bond motifs is 1. The normalized spacial score (nSPS) is 16.8. The highest BCUT2D eigenvalue weighted by Gasteiger charge is 2.52. The fraction of sp³-hybridized carbons (Fsp3) is 0.348. The quantitative estimate of drug-likeness (QED) is 0.458. The van der Waals surface area contributed by atoms with E-state index in [9.17, 15) is 9.59 Å². The predicted molar refractivity (Wildman–Crippen MR) is 119 cm³/mol. The number of ether oxygens (including phenoxy) is 2. The molecule has 0 atom stereocenters. The number of aromatic nitrogens is 2. The Morgan fingerprint density at radius 2 is 1.72 bits per heavy atom. The van der Waals surface area contributed by atoms with Crippen LogP contribution in [-0.2, 0) is 25.4 Å². The summed E-state index contributed by atoms with van der Waals surface area (Å²) in [6, 6.07) is 12.5. The van der Waals surface area contributed by atoms with Crippen LogP contribution in [0.1, 0.15) is 43.6 Å². The summed E-state index contributed by atoms with van der Waals surface area (Å²) in [5, 5.41) is 4.84. The highest BCUT2D eigenvalue weighted by atomic mass is 16.7. The molecule has 1 saturated heterocycles. The Morgan fingerprint density at radius 3 is 2.34 bits per heavy atom. The summed E-state index contributed by atoms with van der Waals surface area (Å²) < 4.78 is 23.8. The summed E-state index contributed by atoms with van der Waals surface area (Å²) in [6.07, 6.45) is 0.881. The molecule has 32 heavy (non-hydrogen) atoms. The number of carbonyl (C=O) groups is 2. The topological polar surface area (TPSA) is 88.9 Å². The Kier molecular flexibility index (Phi) is 5.56. The van der Waals surface area contributed by atoms with Crippen molar-refractivity contribution >= 4 is 35.5 Å². The lowest BCUT2D eigenvalue weighted by atomic mass is 9.76. The lowest BCUT2D eigenvalue weighted by molar-refractivity contribution is 0.00578. The molecule has 1 aliphatic rings. The summed E-state index contributed by atoms with van der Waals surface area (Å²) in [6.45, 7) is 7.87. The second-order valence-electron chi connectivity index (χ2n) is 8.67. The summed E-state index contributed by atoms with van der Waals surface area (Å²) in [5.41, 5.74) is 0.943. The maximum Gasteiger partial charge on any atom is 0.495 e. The fourth-order valence-corrected chi connectivity index (χ4v) is 3.48. The molecule has 0 spiro atoms. The Morgan fingerprint density at radius 1 is 1.06 bits per heavy atom. The molecular weight excluding hydrogens is 411 g/mol. The first-order valence-corrected chi connectivity index (χ1v) is 10.3. The van der Waals surface area contributed by atoms with E-state index < -0.39 is 30.4 Å². The highest BCUT2D eigenvalue weighted by Crippen LogP contribution is 2.37. The SMILES string of the molecule is COC(=O)c1cc(B2OC(C)(C)C(C)(C)O2)c2cnn(C(=O)OCc3ccccc3)c2c1. The van der Waals surface area contributed by atoms with E-state index in [0.29, 0.717) is 16.4 Å². The largest absolute Gasteiger partial charge is 0.495 e. The van der Waals surface area contributed by atoms with Crippen LogP contribution in [0.3, 0.4) is 0 Å². The molecule has 4 rings (SSSR count). The van der Waals surface area contributed by atoms with E-state index in [1.807, 2.05) is 58.0 Å². The Hall–Kier alpha value is -3.17. The summed E-state index contributed by atoms with van der Waals surface area (Å²) in [4.78, 5) is 25.1. The van der Waals surface area contributed by atoms with E-state index in [2.05, 4.69) is 5.10 Å². The zero-order valence-corrected chi connectivity index (χ0v) is 18.7. The minimum atomic E-state index is -0.745. The first-order chi connectivity index (χ1) is 15.1. The van der Waals surface area contributed by atoms with Gasteiger partial charge < -0.3 is 18.8 Å². The third kappa shape index (κ3) is 3.89. The van der Waals surface area contributed by atoms with Crippen molar-refractivity contribution in [2.45, 2.75) is 45.5 Å². The smallest absolute Gasteiger partial charge is 0.465 e. The Bertz CT molecular complexity index is 1160. The molecule has 9 heteroatoms. The molecule has 0 N–H and O–H groups in total. The van der Waals surface area contributed by atoms with E-state index in [1.165, 1.54) is 7.11 Å². The number of nitrogens with zero attached hydrogens (tertiary/aromatic N) is 2. The number of esters is 1. The minimum Gasteiger partial charge on any atom is -0.465 e. The molecule has 2 aromatic carbocycles. The standard InChI is InChI=1S/C23H25BN2O6/c1-22(2)23(3,4)32-24(31-22)18-11-16(20(27)29-5)12-19-17(18)13-25-26(19)21(28)30-14-15-9-7-6-8-10-15/h6-13H,14H2,1-5H3. The molecule has 0 unspecified atom stereocenters. The number of rotatable bonds is 4. The van der Waals surface area contributed by atoms with Crippen molar-refractivity contribution in [3.8, 4) is 0 Å². The van der Waals surface area contributed by atoms with Crippen LogP contribution in [0.4, 0.5) is 4.79 Å². The molecule has 1 aromatic heterocycles. The highest BCUT2D eigenvalue weighted by molar-refractivity contribution is 6.65. The predicted octanol–water partition coefficient (Wildman–Crippen LogP) is 3.31. The average Bonchev–Trinajstić information content (AvgIpc) is 3.29. The molecule has 1 fully saturated rings. The van der Waals surface area contributed by atoms with Gasteiger partial charge in [-0.15, -0.1) is 0 Å². The van der Waals surface area contributed by atoms with Gasteiger partial charge in [0.25, 0.3) is 0 Å². The number of benzene rings is 2. The van der Waals surface area contributed by atoms with Gasteiger partial charge in [0.2, 0.25) is 0 Å². The molecule has 0 aliphatic carbocycles. The lowest BCUT2D eigenvalue weighted by Crippen LogP contribution is -2.41. The number of carbonyl (C=O) groups excluding carboxylic acids is 2. The van der Waals surface area contributed by atoms with Gasteiger partial charge in [0, 0.05) is 5.39 Å². The van der Waals surface area contributed by atoms with Crippen molar-refractivity contribution in [2.75, 3.05) is 7.11 Å². The summed E-state index contributed by atoms with van der Waals surface area (Å²) >= 11 is 0. The number of hydrogen-bond acceptors (Lipinski definition) is 7. The zero-order chi connectivity index (χ0) is 23.1. The molecule has 3 aromatic rings. The van der Waals surface area contributed by atoms with Crippen molar-refractivity contribution in [3.05, 3.63) is 59.8 Å². The van der Waals surface area contributed by atoms with E-state index in [0.717, 1.165) is 10.2 Å². The average molecular weight is 436 g/mol. The van der Waals surface area contributed by atoms with Gasteiger partial charge in [0.15, 0.2) is 0 Å². The maximum atomic E-state index is 12.8. The fourth-order valence-electron chi connectivity index (χ4n) is 3.48. The van der Waals surface area contributed by atoms with Crippen LogP contribution in [0, 0.1) is 0 Å². The summed E-state index contributed by atoms with van der Waals surface area (Å²) in [7, 11) is 0.553. The van der Waals surface area contributed by atoms with Gasteiger partial charge in [-0.1, -0.05) is 30.3 Å². The molecule has 0 saturated carbocycles. The second-order valence-corrected chi connectivity index (χ2v) is 8.67. The van der Waals surface area contributed by atoms with Crippen molar-refractivity contribution in [1.29, 1.82) is 0 Å². The van der Waals surface area contributed by atoms with Crippen LogP contribution in [0.2, 0.25) is 0 Å². The third-order valence-corrected chi connectivity index (χ3v) is 6.03. The lowest BCUT2D eigenvalue weighted by Gasteiger charge is -2.32. The van der Waals surface area contributed by atoms with Gasteiger partial charge in [-0.3, -0.25) is 0 Å².